The van der Waals surface area contributed by atoms with E-state index in [1.54, 1.807) is 6.07 Å². The van der Waals surface area contributed by atoms with E-state index >= 15 is 0 Å². The number of nitrogens with one attached hydrogen (secondary N) is 1. The lowest BCUT2D eigenvalue weighted by Crippen LogP contribution is -2.59. The molecule has 1 saturated heterocycles. The second-order valence-electron chi connectivity index (χ2n) is 6.79. The first-order valence-corrected chi connectivity index (χ1v) is 7.83. The zero-order valence-electron chi connectivity index (χ0n) is 13.4. The van der Waals surface area contributed by atoms with E-state index in [9.17, 15) is 8.78 Å². The summed E-state index contributed by atoms with van der Waals surface area (Å²) < 4.78 is 27.3. The van der Waals surface area contributed by atoms with Gasteiger partial charge in [0.2, 0.25) is 0 Å². The molecule has 0 radical (unpaired) electrons. The Balaban J connectivity index is 2.25. The van der Waals surface area contributed by atoms with Crippen LogP contribution in [-0.2, 0) is 0 Å². The van der Waals surface area contributed by atoms with Crippen LogP contribution in [0.4, 0.5) is 14.5 Å². The van der Waals surface area contributed by atoms with E-state index in [1.807, 2.05) is 0 Å². The number of anilines is 1. The molecule has 1 fully saturated rings. The molecule has 0 aliphatic carbocycles. The van der Waals surface area contributed by atoms with Gasteiger partial charge in [-0.3, -0.25) is 0 Å². The van der Waals surface area contributed by atoms with Gasteiger partial charge in [-0.25, -0.2) is 8.78 Å². The lowest BCUT2D eigenvalue weighted by atomic mass is 9.94. The summed E-state index contributed by atoms with van der Waals surface area (Å²) in [5, 5.41) is 3.57. The second kappa shape index (κ2) is 6.73. The Hall–Kier alpha value is -1.16. The van der Waals surface area contributed by atoms with Crippen molar-refractivity contribution in [3.8, 4) is 0 Å². The Morgan fingerprint density at radius 2 is 1.95 bits per heavy atom. The van der Waals surface area contributed by atoms with Crippen LogP contribution in [0.3, 0.4) is 0 Å². The van der Waals surface area contributed by atoms with Crippen molar-refractivity contribution in [3.63, 3.8) is 0 Å². The van der Waals surface area contributed by atoms with Gasteiger partial charge in [-0.1, -0.05) is 27.7 Å². The summed E-state index contributed by atoms with van der Waals surface area (Å²) >= 11 is 0. The van der Waals surface area contributed by atoms with Gasteiger partial charge in [-0.05, 0) is 30.4 Å². The average molecular weight is 296 g/mol. The van der Waals surface area contributed by atoms with Gasteiger partial charge >= 0.3 is 0 Å². The fourth-order valence-electron chi connectivity index (χ4n) is 3.15. The van der Waals surface area contributed by atoms with Gasteiger partial charge < -0.3 is 10.2 Å². The van der Waals surface area contributed by atoms with Gasteiger partial charge in [-0.15, -0.1) is 0 Å². The van der Waals surface area contributed by atoms with Gasteiger partial charge in [0.15, 0.2) is 0 Å². The van der Waals surface area contributed by atoms with Crippen molar-refractivity contribution in [2.75, 3.05) is 18.0 Å². The van der Waals surface area contributed by atoms with Crippen LogP contribution in [-0.4, -0.2) is 25.2 Å². The molecule has 0 bridgehead atoms. The van der Waals surface area contributed by atoms with Gasteiger partial charge in [0.05, 0.1) is 5.69 Å². The Labute approximate surface area is 126 Å². The molecule has 0 saturated carbocycles. The molecule has 2 nitrogen and oxygen atoms in total. The third-order valence-electron chi connectivity index (χ3n) is 4.18. The van der Waals surface area contributed by atoms with Crippen LogP contribution in [0, 0.1) is 23.5 Å². The Morgan fingerprint density at radius 1 is 1.24 bits per heavy atom. The van der Waals surface area contributed by atoms with Crippen molar-refractivity contribution < 1.29 is 8.78 Å². The largest absolute Gasteiger partial charge is 0.363 e. The molecule has 0 amide bonds. The topological polar surface area (TPSA) is 15.3 Å². The van der Waals surface area contributed by atoms with Crippen LogP contribution >= 0.6 is 0 Å². The lowest BCUT2D eigenvalue weighted by molar-refractivity contribution is 0.308. The van der Waals surface area contributed by atoms with E-state index in [4.69, 9.17) is 0 Å². The van der Waals surface area contributed by atoms with Crippen LogP contribution in [0.5, 0.6) is 0 Å². The van der Waals surface area contributed by atoms with Crippen molar-refractivity contribution in [2.24, 2.45) is 11.8 Å². The van der Waals surface area contributed by atoms with Gasteiger partial charge in [-0.2, -0.15) is 0 Å². The Kier molecular flexibility index (Phi) is 5.20. The molecular formula is C17H26F2N2. The van der Waals surface area contributed by atoms with Crippen LogP contribution in [0.25, 0.3) is 0 Å². The summed E-state index contributed by atoms with van der Waals surface area (Å²) in [5.41, 5.74) is 0.519. The number of piperazine rings is 1. The summed E-state index contributed by atoms with van der Waals surface area (Å²) in [6, 6.07) is 4.47. The minimum atomic E-state index is -0.522. The van der Waals surface area contributed by atoms with Crippen molar-refractivity contribution >= 4 is 5.69 Å². The number of benzene rings is 1. The number of hydrogen-bond donors (Lipinski definition) is 1. The minimum Gasteiger partial charge on any atom is -0.363 e. The minimum absolute atomic E-state index is 0.230. The lowest BCUT2D eigenvalue weighted by Gasteiger charge is -2.44. The maximum atomic E-state index is 14.2. The van der Waals surface area contributed by atoms with E-state index in [1.165, 1.54) is 6.07 Å². The van der Waals surface area contributed by atoms with Gasteiger partial charge in [0, 0.05) is 31.2 Å². The molecule has 2 unspecified atom stereocenters. The third-order valence-corrected chi connectivity index (χ3v) is 4.18. The number of rotatable bonds is 4. The predicted molar refractivity (Wildman–Crippen MR) is 83.6 cm³/mol. The highest BCUT2D eigenvalue weighted by atomic mass is 19.1. The molecule has 1 heterocycles. The third kappa shape index (κ3) is 3.94. The van der Waals surface area contributed by atoms with E-state index in [0.717, 1.165) is 25.6 Å². The summed E-state index contributed by atoms with van der Waals surface area (Å²) in [7, 11) is 0. The smallest absolute Gasteiger partial charge is 0.149 e. The molecule has 2 atom stereocenters. The van der Waals surface area contributed by atoms with Crippen LogP contribution in [0.15, 0.2) is 18.2 Å². The first kappa shape index (κ1) is 16.2. The summed E-state index contributed by atoms with van der Waals surface area (Å²) in [5.74, 6) is 0.0111. The Morgan fingerprint density at radius 3 is 2.52 bits per heavy atom. The van der Waals surface area contributed by atoms with Gasteiger partial charge in [0.1, 0.15) is 11.6 Å². The summed E-state index contributed by atoms with van der Waals surface area (Å²) in [6.45, 7) is 10.3. The normalized spacial score (nSPS) is 23.1. The number of nitrogens with zero attached hydrogens (tertiary/aromatic N) is 1. The molecule has 1 aromatic rings. The molecule has 1 aliphatic heterocycles. The van der Waals surface area contributed by atoms with Crippen molar-refractivity contribution in [1.29, 1.82) is 0 Å². The van der Waals surface area contributed by atoms with E-state index in [2.05, 4.69) is 37.9 Å². The summed E-state index contributed by atoms with van der Waals surface area (Å²) in [6.07, 6.45) is 1.06. The monoisotopic (exact) mass is 296 g/mol. The SMILES string of the molecule is CC(C)CC1CN(c2ccc(F)cc2F)C(C(C)C)CN1. The number of halogens is 2. The summed E-state index contributed by atoms with van der Waals surface area (Å²) in [4.78, 5) is 2.11. The quantitative estimate of drug-likeness (QED) is 0.909. The van der Waals surface area contributed by atoms with Crippen LogP contribution in [0.2, 0.25) is 0 Å². The molecule has 0 aromatic heterocycles. The highest BCUT2D eigenvalue weighted by Gasteiger charge is 2.31. The second-order valence-corrected chi connectivity index (χ2v) is 6.79. The van der Waals surface area contributed by atoms with E-state index < -0.39 is 11.6 Å². The molecule has 118 valence electrons. The maximum absolute atomic E-state index is 14.2. The highest BCUT2D eigenvalue weighted by Crippen LogP contribution is 2.28. The predicted octanol–water partition coefficient (Wildman–Crippen LogP) is 3.81. The molecule has 1 N–H and O–H groups in total. The van der Waals surface area contributed by atoms with Crippen molar-refractivity contribution in [2.45, 2.75) is 46.2 Å². The zero-order chi connectivity index (χ0) is 15.6. The van der Waals surface area contributed by atoms with Crippen molar-refractivity contribution in [1.82, 2.24) is 5.32 Å². The molecule has 4 heteroatoms. The van der Waals surface area contributed by atoms with Gasteiger partial charge in [0.25, 0.3) is 0 Å². The Bertz CT molecular complexity index is 474. The standard InChI is InChI=1S/C17H26F2N2/c1-11(2)7-14-10-21(17(9-20-14)12(3)4)16-6-5-13(18)8-15(16)19/h5-6,8,11-12,14,17,20H,7,9-10H2,1-4H3. The maximum Gasteiger partial charge on any atom is 0.149 e. The van der Waals surface area contributed by atoms with Crippen LogP contribution in [0.1, 0.15) is 34.1 Å². The van der Waals surface area contributed by atoms with E-state index in [0.29, 0.717) is 23.6 Å². The average Bonchev–Trinajstić information content (AvgIpc) is 2.37. The van der Waals surface area contributed by atoms with Crippen molar-refractivity contribution in [3.05, 3.63) is 29.8 Å². The fraction of sp³-hybridized carbons (Fsp3) is 0.647. The van der Waals surface area contributed by atoms with Crippen LogP contribution < -0.4 is 10.2 Å². The molecule has 1 aromatic carbocycles. The number of hydrogen-bond acceptors (Lipinski definition) is 2. The molecule has 1 aliphatic rings. The molecule has 0 spiro atoms. The fourth-order valence-corrected chi connectivity index (χ4v) is 3.15. The zero-order valence-corrected chi connectivity index (χ0v) is 13.4. The highest BCUT2D eigenvalue weighted by molar-refractivity contribution is 5.50. The molecular weight excluding hydrogens is 270 g/mol. The van der Waals surface area contributed by atoms with E-state index in [-0.39, 0.29) is 6.04 Å². The first-order valence-electron chi connectivity index (χ1n) is 7.83. The molecule has 21 heavy (non-hydrogen) atoms. The molecule has 2 rings (SSSR count). The first-order chi connectivity index (χ1) is 9.88.